The maximum absolute atomic E-state index is 11.5. The van der Waals surface area contributed by atoms with Crippen LogP contribution in [0, 0.1) is 11.8 Å². The van der Waals surface area contributed by atoms with Crippen LogP contribution in [0.5, 0.6) is 0 Å². The lowest BCUT2D eigenvalue weighted by Gasteiger charge is -2.38. The van der Waals surface area contributed by atoms with Crippen LogP contribution in [0.4, 0.5) is 0 Å². The van der Waals surface area contributed by atoms with Crippen molar-refractivity contribution in [3.05, 3.63) is 0 Å². The minimum atomic E-state index is -0.113. The Kier molecular flexibility index (Phi) is 5.92. The van der Waals surface area contributed by atoms with Crippen LogP contribution in [-0.4, -0.2) is 43.7 Å². The van der Waals surface area contributed by atoms with Crippen molar-refractivity contribution in [2.75, 3.05) is 26.7 Å². The number of nitrogens with zero attached hydrogens (tertiary/aromatic N) is 1. The van der Waals surface area contributed by atoms with Crippen molar-refractivity contribution in [1.82, 2.24) is 4.90 Å². The van der Waals surface area contributed by atoms with Crippen molar-refractivity contribution in [2.24, 2.45) is 17.6 Å². The molecule has 0 saturated carbocycles. The first-order valence-corrected chi connectivity index (χ1v) is 6.62. The summed E-state index contributed by atoms with van der Waals surface area (Å²) in [5.74, 6) is 0.524. The molecule has 3 atom stereocenters. The van der Waals surface area contributed by atoms with Gasteiger partial charge in [0.05, 0.1) is 13.0 Å². The molecule has 17 heavy (non-hydrogen) atoms. The zero-order chi connectivity index (χ0) is 12.8. The van der Waals surface area contributed by atoms with E-state index in [0.717, 1.165) is 26.1 Å². The molecule has 0 amide bonds. The van der Waals surface area contributed by atoms with Gasteiger partial charge >= 0.3 is 5.97 Å². The van der Waals surface area contributed by atoms with E-state index >= 15 is 0 Å². The highest BCUT2D eigenvalue weighted by molar-refractivity contribution is 5.72. The van der Waals surface area contributed by atoms with E-state index in [9.17, 15) is 4.79 Å². The Hall–Kier alpha value is -0.610. The molecule has 0 aromatic heterocycles. The van der Waals surface area contributed by atoms with Crippen LogP contribution in [0.2, 0.25) is 0 Å². The Balaban J connectivity index is 2.50. The second-order valence-corrected chi connectivity index (χ2v) is 5.13. The number of carbonyl (C=O) groups excluding carboxylic acids is 1. The molecule has 2 N–H and O–H groups in total. The predicted molar refractivity (Wildman–Crippen MR) is 68.6 cm³/mol. The fourth-order valence-electron chi connectivity index (χ4n) is 2.64. The molecule has 0 aromatic carbocycles. The number of piperidine rings is 1. The zero-order valence-corrected chi connectivity index (χ0v) is 11.3. The lowest BCUT2D eigenvalue weighted by Crippen LogP contribution is -2.46. The second kappa shape index (κ2) is 6.97. The van der Waals surface area contributed by atoms with Crippen LogP contribution in [0.3, 0.4) is 0 Å². The number of nitrogens with two attached hydrogens (primary N) is 1. The first kappa shape index (κ1) is 14.5. The molecule has 1 saturated heterocycles. The largest absolute Gasteiger partial charge is 0.469 e. The highest BCUT2D eigenvalue weighted by atomic mass is 16.5. The summed E-state index contributed by atoms with van der Waals surface area (Å²) >= 11 is 0. The number of rotatable bonds is 5. The number of ether oxygens (including phenoxy) is 1. The van der Waals surface area contributed by atoms with E-state index in [1.807, 2.05) is 6.92 Å². The molecule has 1 heterocycles. The Labute approximate surface area is 104 Å². The first-order valence-electron chi connectivity index (χ1n) is 6.62. The van der Waals surface area contributed by atoms with Gasteiger partial charge in [0, 0.05) is 12.6 Å². The van der Waals surface area contributed by atoms with Crippen molar-refractivity contribution in [3.63, 3.8) is 0 Å². The van der Waals surface area contributed by atoms with Crippen LogP contribution in [0.25, 0.3) is 0 Å². The Bertz CT molecular complexity index is 244. The Morgan fingerprint density at radius 1 is 1.53 bits per heavy atom. The van der Waals surface area contributed by atoms with Gasteiger partial charge in [0.25, 0.3) is 0 Å². The van der Waals surface area contributed by atoms with Crippen molar-refractivity contribution >= 4 is 5.97 Å². The van der Waals surface area contributed by atoms with Gasteiger partial charge in [0.2, 0.25) is 0 Å². The van der Waals surface area contributed by atoms with E-state index < -0.39 is 0 Å². The second-order valence-electron chi connectivity index (χ2n) is 5.13. The topological polar surface area (TPSA) is 55.6 Å². The molecule has 0 aromatic rings. The molecular weight excluding hydrogens is 216 g/mol. The Morgan fingerprint density at radius 2 is 2.24 bits per heavy atom. The minimum absolute atomic E-state index is 0.0587. The third kappa shape index (κ3) is 3.96. The average Bonchev–Trinajstić information content (AvgIpc) is 2.36. The third-order valence-corrected chi connectivity index (χ3v) is 4.00. The smallest absolute Gasteiger partial charge is 0.309 e. The number of hydrogen-bond acceptors (Lipinski definition) is 4. The predicted octanol–water partition coefficient (Wildman–Crippen LogP) is 1.24. The van der Waals surface area contributed by atoms with Gasteiger partial charge in [0.15, 0.2) is 0 Å². The summed E-state index contributed by atoms with van der Waals surface area (Å²) < 4.78 is 4.81. The molecule has 1 aliphatic rings. The van der Waals surface area contributed by atoms with E-state index in [1.54, 1.807) is 0 Å². The van der Waals surface area contributed by atoms with Crippen molar-refractivity contribution in [2.45, 2.75) is 39.2 Å². The monoisotopic (exact) mass is 242 g/mol. The van der Waals surface area contributed by atoms with Gasteiger partial charge in [0.1, 0.15) is 0 Å². The summed E-state index contributed by atoms with van der Waals surface area (Å²) in [5.41, 5.74) is 5.62. The van der Waals surface area contributed by atoms with E-state index in [4.69, 9.17) is 10.5 Å². The van der Waals surface area contributed by atoms with E-state index in [0.29, 0.717) is 5.92 Å². The standard InChI is InChI=1S/C13H26N2O2/c1-10(13(16)17-3)11(2)15-8-4-5-12(9-15)6-7-14/h10-12H,4-9,14H2,1-3H3. The number of likely N-dealkylation sites (tertiary alicyclic amines) is 1. The molecule has 0 spiro atoms. The first-order chi connectivity index (χ1) is 8.10. The van der Waals surface area contributed by atoms with Crippen LogP contribution in [0.1, 0.15) is 33.1 Å². The molecular formula is C13H26N2O2. The summed E-state index contributed by atoms with van der Waals surface area (Å²) in [4.78, 5) is 13.9. The summed E-state index contributed by atoms with van der Waals surface area (Å²) in [6.07, 6.45) is 3.58. The van der Waals surface area contributed by atoms with E-state index in [1.165, 1.54) is 20.0 Å². The van der Waals surface area contributed by atoms with Crippen LogP contribution in [0.15, 0.2) is 0 Å². The van der Waals surface area contributed by atoms with Gasteiger partial charge < -0.3 is 10.5 Å². The molecule has 1 rings (SSSR count). The number of carbonyl (C=O) groups is 1. The maximum atomic E-state index is 11.5. The average molecular weight is 242 g/mol. The molecule has 1 aliphatic heterocycles. The summed E-state index contributed by atoms with van der Waals surface area (Å²) in [5, 5.41) is 0. The van der Waals surface area contributed by atoms with Crippen molar-refractivity contribution in [1.29, 1.82) is 0 Å². The molecule has 0 aliphatic carbocycles. The van der Waals surface area contributed by atoms with Crippen molar-refractivity contribution in [3.8, 4) is 0 Å². The highest BCUT2D eigenvalue weighted by Gasteiger charge is 2.29. The molecule has 0 bridgehead atoms. The minimum Gasteiger partial charge on any atom is -0.469 e. The molecule has 4 heteroatoms. The third-order valence-electron chi connectivity index (χ3n) is 4.00. The Morgan fingerprint density at radius 3 is 2.82 bits per heavy atom. The number of methoxy groups -OCH3 is 1. The molecule has 4 nitrogen and oxygen atoms in total. The van der Waals surface area contributed by atoms with Crippen LogP contribution >= 0.6 is 0 Å². The normalized spacial score (nSPS) is 25.3. The summed E-state index contributed by atoms with van der Waals surface area (Å²) in [6.45, 7) is 6.98. The highest BCUT2D eigenvalue weighted by Crippen LogP contribution is 2.23. The lowest BCUT2D eigenvalue weighted by molar-refractivity contribution is -0.147. The fourth-order valence-corrected chi connectivity index (χ4v) is 2.64. The van der Waals surface area contributed by atoms with Crippen molar-refractivity contribution < 1.29 is 9.53 Å². The molecule has 1 fully saturated rings. The fraction of sp³-hybridized carbons (Fsp3) is 0.923. The van der Waals surface area contributed by atoms with Gasteiger partial charge in [-0.05, 0) is 45.2 Å². The van der Waals surface area contributed by atoms with Gasteiger partial charge in [-0.1, -0.05) is 6.92 Å². The molecule has 100 valence electrons. The van der Waals surface area contributed by atoms with Crippen LogP contribution in [-0.2, 0) is 9.53 Å². The number of esters is 1. The van der Waals surface area contributed by atoms with E-state index in [-0.39, 0.29) is 17.9 Å². The summed E-state index contributed by atoms with van der Waals surface area (Å²) in [7, 11) is 1.46. The van der Waals surface area contributed by atoms with Gasteiger partial charge in [-0.15, -0.1) is 0 Å². The molecule has 0 radical (unpaired) electrons. The quantitative estimate of drug-likeness (QED) is 0.737. The van der Waals surface area contributed by atoms with Crippen LogP contribution < -0.4 is 5.73 Å². The molecule has 3 unspecified atom stereocenters. The van der Waals surface area contributed by atoms with E-state index in [2.05, 4.69) is 11.8 Å². The van der Waals surface area contributed by atoms with Gasteiger partial charge in [-0.25, -0.2) is 0 Å². The SMILES string of the molecule is COC(=O)C(C)C(C)N1CCCC(CCN)C1. The summed E-state index contributed by atoms with van der Waals surface area (Å²) in [6, 6.07) is 0.253. The van der Waals surface area contributed by atoms with Gasteiger partial charge in [-0.2, -0.15) is 0 Å². The number of hydrogen-bond donors (Lipinski definition) is 1. The lowest BCUT2D eigenvalue weighted by atomic mass is 9.91. The zero-order valence-electron chi connectivity index (χ0n) is 11.3. The van der Waals surface area contributed by atoms with Gasteiger partial charge in [-0.3, -0.25) is 9.69 Å². The maximum Gasteiger partial charge on any atom is 0.309 e.